The smallest absolute Gasteiger partial charge is 0.0595 e. The second kappa shape index (κ2) is 12.2. The number of halogens is 1. The van der Waals surface area contributed by atoms with E-state index in [0.29, 0.717) is 6.42 Å². The van der Waals surface area contributed by atoms with E-state index in [1.807, 2.05) is 12.1 Å². The molecule has 0 aromatic carbocycles. The number of pyridine rings is 1. The van der Waals surface area contributed by atoms with Crippen LogP contribution in [0.2, 0.25) is 0 Å². The second-order valence-electron chi connectivity index (χ2n) is 5.94. The Hall–Kier alpha value is -0.410. The van der Waals surface area contributed by atoms with Crippen molar-refractivity contribution in [2.24, 2.45) is 0 Å². The lowest BCUT2D eigenvalue weighted by atomic mass is 10.0. The minimum Gasteiger partial charge on any atom is -0.393 e. The van der Waals surface area contributed by atoms with Crippen molar-refractivity contribution < 1.29 is 5.11 Å². The molecule has 0 radical (unpaired) electrons. The predicted octanol–water partition coefficient (Wildman–Crippen LogP) is 5.67. The normalized spacial score (nSPS) is 12.5. The maximum Gasteiger partial charge on any atom is 0.0595 e. The first-order valence-corrected chi connectivity index (χ1v) is 9.30. The molecular weight excluding hydrogens is 326 g/mol. The number of hydrogen-bond acceptors (Lipinski definition) is 2. The summed E-state index contributed by atoms with van der Waals surface area (Å²) in [6, 6.07) is 3.96. The Balaban J connectivity index is 1.96. The summed E-state index contributed by atoms with van der Waals surface area (Å²) in [5, 5.41) is 10.0. The van der Waals surface area contributed by atoms with Gasteiger partial charge in [0.15, 0.2) is 0 Å². The zero-order valence-corrected chi connectivity index (χ0v) is 14.9. The highest BCUT2D eigenvalue weighted by Gasteiger charge is 2.06. The zero-order chi connectivity index (χ0) is 15.3. The van der Waals surface area contributed by atoms with E-state index >= 15 is 0 Å². The fourth-order valence-electron chi connectivity index (χ4n) is 2.56. The van der Waals surface area contributed by atoms with Crippen LogP contribution in [0, 0.1) is 0 Å². The maximum absolute atomic E-state index is 10.0. The molecule has 2 nitrogen and oxygen atoms in total. The molecule has 1 heterocycles. The van der Waals surface area contributed by atoms with Crippen LogP contribution in [0.25, 0.3) is 0 Å². The van der Waals surface area contributed by atoms with E-state index in [0.717, 1.165) is 23.0 Å². The van der Waals surface area contributed by atoms with Crippen molar-refractivity contribution in [3.63, 3.8) is 0 Å². The Morgan fingerprint density at radius 3 is 2.19 bits per heavy atom. The lowest BCUT2D eigenvalue weighted by molar-refractivity contribution is 0.159. The number of nitrogens with zero attached hydrogens (tertiary/aromatic N) is 1. The van der Waals surface area contributed by atoms with Gasteiger partial charge in [-0.05, 0) is 34.5 Å². The minimum atomic E-state index is -0.247. The van der Waals surface area contributed by atoms with Gasteiger partial charge in [-0.15, -0.1) is 0 Å². The van der Waals surface area contributed by atoms with E-state index in [4.69, 9.17) is 0 Å². The van der Waals surface area contributed by atoms with Gasteiger partial charge in [-0.3, -0.25) is 4.98 Å². The number of rotatable bonds is 12. The van der Waals surface area contributed by atoms with E-state index in [1.54, 1.807) is 6.20 Å². The van der Waals surface area contributed by atoms with Crippen molar-refractivity contribution in [3.8, 4) is 0 Å². The van der Waals surface area contributed by atoms with Crippen LogP contribution in [0.15, 0.2) is 22.8 Å². The van der Waals surface area contributed by atoms with Crippen molar-refractivity contribution in [2.75, 3.05) is 0 Å². The quantitative estimate of drug-likeness (QED) is 0.490. The largest absolute Gasteiger partial charge is 0.393 e. The fraction of sp³-hybridized carbons (Fsp3) is 0.722. The lowest BCUT2D eigenvalue weighted by Crippen LogP contribution is -2.11. The number of aromatic nitrogens is 1. The van der Waals surface area contributed by atoms with Crippen molar-refractivity contribution in [2.45, 2.75) is 83.7 Å². The number of unbranched alkanes of at least 4 members (excludes halogenated alkanes) is 8. The molecule has 1 N–H and O–H groups in total. The average Bonchev–Trinajstić information content (AvgIpc) is 2.48. The van der Waals surface area contributed by atoms with E-state index in [1.165, 1.54) is 51.4 Å². The lowest BCUT2D eigenvalue weighted by Gasteiger charge is -2.10. The van der Waals surface area contributed by atoms with E-state index in [9.17, 15) is 5.11 Å². The van der Waals surface area contributed by atoms with Gasteiger partial charge in [0, 0.05) is 22.8 Å². The van der Waals surface area contributed by atoms with Gasteiger partial charge in [0.2, 0.25) is 0 Å². The summed E-state index contributed by atoms with van der Waals surface area (Å²) in [5.74, 6) is 0. The average molecular weight is 356 g/mol. The highest BCUT2D eigenvalue weighted by Crippen LogP contribution is 2.14. The standard InChI is InChI=1S/C18H30BrNO/c1-2-3-4-5-6-7-8-9-10-11-18(21)14-17-13-12-16(19)15-20-17/h12-13,15,18,21H,2-11,14H2,1H3. The Kier molecular flexibility index (Phi) is 10.8. The Morgan fingerprint density at radius 1 is 1.00 bits per heavy atom. The Labute approximate surface area is 138 Å². The van der Waals surface area contributed by atoms with Gasteiger partial charge < -0.3 is 5.11 Å². The molecule has 0 aliphatic rings. The van der Waals surface area contributed by atoms with Gasteiger partial charge in [-0.2, -0.15) is 0 Å². The van der Waals surface area contributed by atoms with Crippen LogP contribution in [0.5, 0.6) is 0 Å². The van der Waals surface area contributed by atoms with Crippen molar-refractivity contribution in [1.29, 1.82) is 0 Å². The summed E-state index contributed by atoms with van der Waals surface area (Å²) in [4.78, 5) is 4.30. The van der Waals surface area contributed by atoms with Gasteiger partial charge in [0.1, 0.15) is 0 Å². The van der Waals surface area contributed by atoms with Crippen LogP contribution in [-0.2, 0) is 6.42 Å². The Morgan fingerprint density at radius 2 is 1.62 bits per heavy atom. The van der Waals surface area contributed by atoms with Crippen LogP contribution < -0.4 is 0 Å². The van der Waals surface area contributed by atoms with E-state index in [-0.39, 0.29) is 6.10 Å². The third-order valence-electron chi connectivity index (χ3n) is 3.87. The molecule has 1 rings (SSSR count). The molecular formula is C18H30BrNO. The molecule has 0 amide bonds. The molecule has 1 aromatic heterocycles. The molecule has 1 atom stereocenters. The summed E-state index contributed by atoms with van der Waals surface area (Å²) < 4.78 is 0.986. The molecule has 0 aliphatic heterocycles. The summed E-state index contributed by atoms with van der Waals surface area (Å²) >= 11 is 3.37. The third-order valence-corrected chi connectivity index (χ3v) is 4.34. The number of aliphatic hydroxyl groups is 1. The van der Waals surface area contributed by atoms with Gasteiger partial charge in [-0.25, -0.2) is 0 Å². The van der Waals surface area contributed by atoms with Crippen LogP contribution in [0.4, 0.5) is 0 Å². The van der Waals surface area contributed by atoms with Crippen LogP contribution in [-0.4, -0.2) is 16.2 Å². The molecule has 0 aliphatic carbocycles. The van der Waals surface area contributed by atoms with Crippen molar-refractivity contribution in [1.82, 2.24) is 4.98 Å². The SMILES string of the molecule is CCCCCCCCCCCC(O)Cc1ccc(Br)cn1. The molecule has 0 saturated carbocycles. The van der Waals surface area contributed by atoms with Crippen molar-refractivity contribution >= 4 is 15.9 Å². The molecule has 1 unspecified atom stereocenters. The Bertz CT molecular complexity index is 353. The first-order chi connectivity index (χ1) is 10.2. The molecule has 0 saturated heterocycles. The van der Waals surface area contributed by atoms with Gasteiger partial charge >= 0.3 is 0 Å². The minimum absolute atomic E-state index is 0.247. The zero-order valence-electron chi connectivity index (χ0n) is 13.4. The molecule has 1 aromatic rings. The molecule has 0 bridgehead atoms. The second-order valence-corrected chi connectivity index (χ2v) is 6.86. The first kappa shape index (κ1) is 18.6. The van der Waals surface area contributed by atoms with Crippen LogP contribution in [0.3, 0.4) is 0 Å². The van der Waals surface area contributed by atoms with Gasteiger partial charge in [-0.1, -0.05) is 64.7 Å². The molecule has 3 heteroatoms. The maximum atomic E-state index is 10.0. The third kappa shape index (κ3) is 10.0. The summed E-state index contributed by atoms with van der Waals surface area (Å²) in [6.45, 7) is 2.26. The molecule has 21 heavy (non-hydrogen) atoms. The van der Waals surface area contributed by atoms with E-state index < -0.39 is 0 Å². The van der Waals surface area contributed by atoms with Crippen LogP contribution >= 0.6 is 15.9 Å². The highest BCUT2D eigenvalue weighted by molar-refractivity contribution is 9.10. The van der Waals surface area contributed by atoms with Crippen molar-refractivity contribution in [3.05, 3.63) is 28.5 Å². The fourth-order valence-corrected chi connectivity index (χ4v) is 2.80. The molecule has 0 spiro atoms. The van der Waals surface area contributed by atoms with E-state index in [2.05, 4.69) is 27.8 Å². The predicted molar refractivity (Wildman–Crippen MR) is 93.5 cm³/mol. The summed E-state index contributed by atoms with van der Waals surface area (Å²) in [6.07, 6.45) is 15.0. The van der Waals surface area contributed by atoms with Gasteiger partial charge in [0.05, 0.1) is 6.10 Å². The summed E-state index contributed by atoms with van der Waals surface area (Å²) in [7, 11) is 0. The monoisotopic (exact) mass is 355 g/mol. The number of hydrogen-bond donors (Lipinski definition) is 1. The highest BCUT2D eigenvalue weighted by atomic mass is 79.9. The van der Waals surface area contributed by atoms with Crippen LogP contribution in [0.1, 0.15) is 76.8 Å². The topological polar surface area (TPSA) is 33.1 Å². The molecule has 120 valence electrons. The molecule has 0 fully saturated rings. The summed E-state index contributed by atoms with van der Waals surface area (Å²) in [5.41, 5.74) is 0.974. The first-order valence-electron chi connectivity index (χ1n) is 8.51. The van der Waals surface area contributed by atoms with Gasteiger partial charge in [0.25, 0.3) is 0 Å². The number of aliphatic hydroxyl groups excluding tert-OH is 1.